The average Bonchev–Trinajstić information content (AvgIpc) is 2.25. The molecule has 0 aliphatic rings. The number of hydrogen-bond donors (Lipinski definition) is 2. The molecule has 84 valence electrons. The van der Waals surface area contributed by atoms with Gasteiger partial charge in [-0.2, -0.15) is 0 Å². The van der Waals surface area contributed by atoms with Crippen LogP contribution in [0.25, 0.3) is 5.57 Å². The molecule has 0 heterocycles. The molecule has 0 amide bonds. The van der Waals surface area contributed by atoms with Crippen LogP contribution in [0.3, 0.4) is 0 Å². The summed E-state index contributed by atoms with van der Waals surface area (Å²) in [6, 6.07) is 6.52. The molecule has 4 heteroatoms. The van der Waals surface area contributed by atoms with Gasteiger partial charge in [-0.1, -0.05) is 24.3 Å². The van der Waals surface area contributed by atoms with E-state index in [0.29, 0.717) is 11.1 Å². The van der Waals surface area contributed by atoms with Gasteiger partial charge >= 0.3 is 11.9 Å². The highest BCUT2D eigenvalue weighted by atomic mass is 16.4. The van der Waals surface area contributed by atoms with Crippen LogP contribution in [-0.4, -0.2) is 22.2 Å². The molecule has 2 N–H and O–H groups in total. The van der Waals surface area contributed by atoms with Crippen molar-refractivity contribution in [1.29, 1.82) is 0 Å². The molecule has 0 unspecified atom stereocenters. The highest BCUT2D eigenvalue weighted by Crippen LogP contribution is 2.19. The molecule has 1 aromatic rings. The SMILES string of the molecule is C/C(=C\CC(=O)O)c1ccccc1C(=O)O. The summed E-state index contributed by atoms with van der Waals surface area (Å²) in [7, 11) is 0. The van der Waals surface area contributed by atoms with Crippen LogP contribution in [0.15, 0.2) is 30.3 Å². The number of carbonyl (C=O) groups is 2. The molecule has 0 fully saturated rings. The lowest BCUT2D eigenvalue weighted by Gasteiger charge is -2.05. The van der Waals surface area contributed by atoms with Crippen molar-refractivity contribution in [3.63, 3.8) is 0 Å². The van der Waals surface area contributed by atoms with Crippen LogP contribution < -0.4 is 0 Å². The lowest BCUT2D eigenvalue weighted by Crippen LogP contribution is -2.01. The van der Waals surface area contributed by atoms with Gasteiger partial charge in [0.15, 0.2) is 0 Å². The van der Waals surface area contributed by atoms with Gasteiger partial charge in [0.25, 0.3) is 0 Å². The summed E-state index contributed by atoms with van der Waals surface area (Å²) in [6.07, 6.45) is 1.39. The standard InChI is InChI=1S/C12H12O4/c1-8(6-7-11(13)14)9-4-2-3-5-10(9)12(15)16/h2-6H,7H2,1H3,(H,13,14)(H,15,16)/b8-6+. The first-order chi connectivity index (χ1) is 7.52. The quantitative estimate of drug-likeness (QED) is 0.816. The highest BCUT2D eigenvalue weighted by Gasteiger charge is 2.09. The van der Waals surface area contributed by atoms with Crippen molar-refractivity contribution in [2.45, 2.75) is 13.3 Å². The predicted octanol–water partition coefficient (Wildman–Crippen LogP) is 2.26. The number of hydrogen-bond acceptors (Lipinski definition) is 2. The maximum absolute atomic E-state index is 10.9. The van der Waals surface area contributed by atoms with Gasteiger partial charge < -0.3 is 10.2 Å². The molecule has 0 radical (unpaired) electrons. The minimum absolute atomic E-state index is 0.111. The molecule has 16 heavy (non-hydrogen) atoms. The highest BCUT2D eigenvalue weighted by molar-refractivity contribution is 5.94. The number of allylic oxidation sites excluding steroid dienone is 1. The largest absolute Gasteiger partial charge is 0.481 e. The van der Waals surface area contributed by atoms with Gasteiger partial charge in [0.05, 0.1) is 12.0 Å². The Balaban J connectivity index is 3.07. The fourth-order valence-electron chi connectivity index (χ4n) is 1.36. The Bertz CT molecular complexity index is 446. The first kappa shape index (κ1) is 12.0. The van der Waals surface area contributed by atoms with Crippen LogP contribution in [0.1, 0.15) is 29.3 Å². The molecule has 0 saturated heterocycles. The van der Waals surface area contributed by atoms with E-state index in [1.807, 2.05) is 0 Å². The number of carboxylic acid groups (broad SMARTS) is 2. The Labute approximate surface area is 92.8 Å². The van der Waals surface area contributed by atoms with Crippen molar-refractivity contribution in [2.75, 3.05) is 0 Å². The van der Waals surface area contributed by atoms with E-state index >= 15 is 0 Å². The van der Waals surface area contributed by atoms with Crippen molar-refractivity contribution >= 4 is 17.5 Å². The molecule has 0 aromatic heterocycles. The molecule has 0 aliphatic heterocycles. The lowest BCUT2D eigenvalue weighted by molar-refractivity contribution is -0.136. The minimum atomic E-state index is -1.02. The molecule has 1 rings (SSSR count). The third-order valence-electron chi connectivity index (χ3n) is 2.17. The third-order valence-corrected chi connectivity index (χ3v) is 2.17. The predicted molar refractivity (Wildman–Crippen MR) is 59.3 cm³/mol. The number of aliphatic carboxylic acids is 1. The normalized spacial score (nSPS) is 11.2. The smallest absolute Gasteiger partial charge is 0.336 e. The second-order valence-corrected chi connectivity index (χ2v) is 3.34. The van der Waals surface area contributed by atoms with Crippen molar-refractivity contribution in [1.82, 2.24) is 0 Å². The van der Waals surface area contributed by atoms with Crippen LogP contribution in [0.2, 0.25) is 0 Å². The minimum Gasteiger partial charge on any atom is -0.481 e. The van der Waals surface area contributed by atoms with Gasteiger partial charge in [-0.15, -0.1) is 0 Å². The number of rotatable bonds is 4. The van der Waals surface area contributed by atoms with Gasteiger partial charge in [-0.3, -0.25) is 4.79 Å². The second kappa shape index (κ2) is 5.11. The molecular formula is C12H12O4. The lowest BCUT2D eigenvalue weighted by atomic mass is 10.00. The molecule has 1 aromatic carbocycles. The Kier molecular flexibility index (Phi) is 3.83. The number of benzene rings is 1. The van der Waals surface area contributed by atoms with Crippen molar-refractivity contribution < 1.29 is 19.8 Å². The van der Waals surface area contributed by atoms with Crippen molar-refractivity contribution in [3.05, 3.63) is 41.5 Å². The fraction of sp³-hybridized carbons (Fsp3) is 0.167. The Morgan fingerprint density at radius 2 is 1.75 bits per heavy atom. The zero-order valence-electron chi connectivity index (χ0n) is 8.80. The van der Waals surface area contributed by atoms with E-state index < -0.39 is 11.9 Å². The Morgan fingerprint density at radius 1 is 1.19 bits per heavy atom. The number of aromatic carboxylic acids is 1. The molecule has 0 aliphatic carbocycles. The first-order valence-corrected chi connectivity index (χ1v) is 4.73. The topological polar surface area (TPSA) is 74.6 Å². The summed E-state index contributed by atoms with van der Waals surface area (Å²) in [5, 5.41) is 17.5. The van der Waals surface area contributed by atoms with Crippen LogP contribution in [0.4, 0.5) is 0 Å². The average molecular weight is 220 g/mol. The fourth-order valence-corrected chi connectivity index (χ4v) is 1.36. The summed E-state index contributed by atoms with van der Waals surface area (Å²) >= 11 is 0. The zero-order chi connectivity index (χ0) is 12.1. The van der Waals surface area contributed by atoms with E-state index in [4.69, 9.17) is 10.2 Å². The van der Waals surface area contributed by atoms with E-state index in [9.17, 15) is 9.59 Å². The molecule has 0 saturated carbocycles. The van der Waals surface area contributed by atoms with Gasteiger partial charge in [-0.05, 0) is 24.1 Å². The monoisotopic (exact) mass is 220 g/mol. The summed E-state index contributed by atoms with van der Waals surface area (Å²) in [5.74, 6) is -1.95. The molecule has 0 spiro atoms. The van der Waals surface area contributed by atoms with Crippen LogP contribution in [0, 0.1) is 0 Å². The summed E-state index contributed by atoms with van der Waals surface area (Å²) in [4.78, 5) is 21.3. The maximum Gasteiger partial charge on any atom is 0.336 e. The molecule has 4 nitrogen and oxygen atoms in total. The van der Waals surface area contributed by atoms with Crippen molar-refractivity contribution in [3.8, 4) is 0 Å². The van der Waals surface area contributed by atoms with Crippen LogP contribution >= 0.6 is 0 Å². The van der Waals surface area contributed by atoms with Gasteiger partial charge in [0.2, 0.25) is 0 Å². The zero-order valence-corrected chi connectivity index (χ0v) is 8.80. The van der Waals surface area contributed by atoms with Crippen molar-refractivity contribution in [2.24, 2.45) is 0 Å². The summed E-state index contributed by atoms with van der Waals surface area (Å²) in [6.45, 7) is 1.70. The van der Waals surface area contributed by atoms with Gasteiger partial charge in [0.1, 0.15) is 0 Å². The van der Waals surface area contributed by atoms with Crippen LogP contribution in [-0.2, 0) is 4.79 Å². The molecule has 0 bridgehead atoms. The van der Waals surface area contributed by atoms with E-state index in [1.54, 1.807) is 25.1 Å². The summed E-state index contributed by atoms with van der Waals surface area (Å²) < 4.78 is 0. The van der Waals surface area contributed by atoms with E-state index in [-0.39, 0.29) is 12.0 Å². The van der Waals surface area contributed by atoms with Gasteiger partial charge in [-0.25, -0.2) is 4.79 Å². The number of carboxylic acids is 2. The Hall–Kier alpha value is -2.10. The molecular weight excluding hydrogens is 208 g/mol. The van der Waals surface area contributed by atoms with E-state index in [1.165, 1.54) is 12.1 Å². The Morgan fingerprint density at radius 3 is 2.25 bits per heavy atom. The first-order valence-electron chi connectivity index (χ1n) is 4.73. The maximum atomic E-state index is 10.9. The summed E-state index contributed by atoms with van der Waals surface area (Å²) in [5.41, 5.74) is 1.39. The third kappa shape index (κ3) is 2.95. The van der Waals surface area contributed by atoms with E-state index in [2.05, 4.69) is 0 Å². The second-order valence-electron chi connectivity index (χ2n) is 3.34. The van der Waals surface area contributed by atoms with Crippen LogP contribution in [0.5, 0.6) is 0 Å². The van der Waals surface area contributed by atoms with Gasteiger partial charge in [0, 0.05) is 0 Å². The van der Waals surface area contributed by atoms with E-state index in [0.717, 1.165) is 0 Å². The molecule has 0 atom stereocenters.